The average Bonchev–Trinajstić information content (AvgIpc) is 2.25. The van der Waals surface area contributed by atoms with E-state index >= 15 is 0 Å². The molecule has 1 aliphatic rings. The van der Waals surface area contributed by atoms with Gasteiger partial charge in [0.25, 0.3) is 0 Å². The molecule has 0 spiro atoms. The van der Waals surface area contributed by atoms with Crippen LogP contribution in [-0.2, 0) is 9.84 Å². The molecule has 5 heteroatoms. The lowest BCUT2D eigenvalue weighted by atomic mass is 9.91. The van der Waals surface area contributed by atoms with Gasteiger partial charge in [0, 0.05) is 25.4 Å². The summed E-state index contributed by atoms with van der Waals surface area (Å²) in [5.74, 6) is 0. The fourth-order valence-electron chi connectivity index (χ4n) is 2.35. The van der Waals surface area contributed by atoms with Crippen LogP contribution in [-0.4, -0.2) is 33.8 Å². The van der Waals surface area contributed by atoms with E-state index in [1.54, 1.807) is 12.1 Å². The van der Waals surface area contributed by atoms with Gasteiger partial charge in [-0.3, -0.25) is 0 Å². The second-order valence-corrected chi connectivity index (χ2v) is 6.79. The van der Waals surface area contributed by atoms with Gasteiger partial charge in [-0.05, 0) is 31.4 Å². The lowest BCUT2D eigenvalue weighted by molar-refractivity contribution is 0.386. The highest BCUT2D eigenvalue weighted by atomic mass is 32.2. The number of hydrogen-bond donors (Lipinski definition) is 1. The van der Waals surface area contributed by atoms with Gasteiger partial charge in [-0.2, -0.15) is 0 Å². The molecule has 1 saturated carbocycles. The van der Waals surface area contributed by atoms with Gasteiger partial charge in [0.1, 0.15) is 0 Å². The zero-order valence-corrected chi connectivity index (χ0v) is 11.5. The minimum absolute atomic E-state index is 0.408. The van der Waals surface area contributed by atoms with E-state index in [0.717, 1.165) is 18.5 Å². The van der Waals surface area contributed by atoms with E-state index in [2.05, 4.69) is 4.90 Å². The van der Waals surface area contributed by atoms with Gasteiger partial charge in [-0.1, -0.05) is 12.1 Å². The van der Waals surface area contributed by atoms with Crippen molar-refractivity contribution in [3.8, 4) is 0 Å². The van der Waals surface area contributed by atoms with Crippen LogP contribution in [0.3, 0.4) is 0 Å². The molecule has 1 aromatic rings. The Morgan fingerprint density at radius 1 is 1.33 bits per heavy atom. The maximum absolute atomic E-state index is 11.8. The van der Waals surface area contributed by atoms with E-state index in [4.69, 9.17) is 5.73 Å². The number of para-hydroxylation sites is 1. The summed E-state index contributed by atoms with van der Waals surface area (Å²) < 4.78 is 23.7. The van der Waals surface area contributed by atoms with Crippen LogP contribution in [0.2, 0.25) is 0 Å². The van der Waals surface area contributed by atoms with Crippen molar-refractivity contribution in [3.05, 3.63) is 24.3 Å². The number of nitrogens with zero attached hydrogens (tertiary/aromatic N) is 1. The van der Waals surface area contributed by atoms with Gasteiger partial charge in [-0.15, -0.1) is 0 Å². The molecule has 0 unspecified atom stereocenters. The van der Waals surface area contributed by atoms with Crippen molar-refractivity contribution < 1.29 is 8.42 Å². The van der Waals surface area contributed by atoms with Crippen molar-refractivity contribution in [2.24, 2.45) is 5.73 Å². The first-order chi connectivity index (χ1) is 8.54. The number of anilines is 1. The van der Waals surface area contributed by atoms with Crippen molar-refractivity contribution in [3.63, 3.8) is 0 Å². The molecule has 4 nitrogen and oxygen atoms in total. The second kappa shape index (κ2) is 5.28. The van der Waals surface area contributed by atoms with Crippen molar-refractivity contribution in [2.45, 2.75) is 30.2 Å². The quantitative estimate of drug-likeness (QED) is 0.877. The molecule has 1 aliphatic carbocycles. The normalized spacial score (nSPS) is 16.3. The third-order valence-electron chi connectivity index (χ3n) is 3.46. The molecular formula is C13H20N2O2S. The van der Waals surface area contributed by atoms with Crippen molar-refractivity contribution >= 4 is 15.5 Å². The third-order valence-corrected chi connectivity index (χ3v) is 4.60. The largest absolute Gasteiger partial charge is 0.366 e. The first-order valence-corrected chi connectivity index (χ1v) is 8.19. The molecule has 18 heavy (non-hydrogen) atoms. The molecule has 0 aliphatic heterocycles. The van der Waals surface area contributed by atoms with E-state index < -0.39 is 9.84 Å². The number of hydrogen-bond acceptors (Lipinski definition) is 4. The molecular weight excluding hydrogens is 248 g/mol. The summed E-state index contributed by atoms with van der Waals surface area (Å²) in [4.78, 5) is 2.56. The van der Waals surface area contributed by atoms with Gasteiger partial charge >= 0.3 is 0 Å². The molecule has 0 bridgehead atoms. The molecule has 2 N–H and O–H groups in total. The van der Waals surface area contributed by atoms with E-state index in [-0.39, 0.29) is 0 Å². The third kappa shape index (κ3) is 2.67. The van der Waals surface area contributed by atoms with Crippen LogP contribution in [0.4, 0.5) is 5.69 Å². The van der Waals surface area contributed by atoms with Crippen LogP contribution >= 0.6 is 0 Å². The lowest BCUT2D eigenvalue weighted by Crippen LogP contribution is -2.43. The predicted octanol–water partition coefficient (Wildman–Crippen LogP) is 1.41. The Kier molecular flexibility index (Phi) is 3.92. The first kappa shape index (κ1) is 13.4. The highest BCUT2D eigenvalue weighted by Gasteiger charge is 2.27. The molecule has 100 valence electrons. The zero-order valence-electron chi connectivity index (χ0n) is 10.7. The molecule has 0 amide bonds. The molecule has 0 heterocycles. The highest BCUT2D eigenvalue weighted by Crippen LogP contribution is 2.33. The van der Waals surface area contributed by atoms with Crippen LogP contribution in [0.15, 0.2) is 29.2 Å². The van der Waals surface area contributed by atoms with Gasteiger partial charge in [0.15, 0.2) is 9.84 Å². The summed E-state index contributed by atoms with van der Waals surface area (Å²) in [6.45, 7) is 1.24. The van der Waals surface area contributed by atoms with Crippen LogP contribution < -0.4 is 10.6 Å². The van der Waals surface area contributed by atoms with Crippen molar-refractivity contribution in [1.82, 2.24) is 0 Å². The number of rotatable bonds is 5. The Morgan fingerprint density at radius 3 is 2.50 bits per heavy atom. The number of benzene rings is 1. The minimum atomic E-state index is -3.20. The fourth-order valence-corrected chi connectivity index (χ4v) is 3.24. The highest BCUT2D eigenvalue weighted by molar-refractivity contribution is 7.90. The maximum atomic E-state index is 11.8. The zero-order chi connectivity index (χ0) is 13.2. The standard InChI is InChI=1S/C13H20N2O2S/c1-18(16,17)13-8-3-2-7-12(13)15(10-9-14)11-5-4-6-11/h2-3,7-8,11H,4-6,9-10,14H2,1H3. The van der Waals surface area contributed by atoms with Crippen LogP contribution in [0.25, 0.3) is 0 Å². The maximum Gasteiger partial charge on any atom is 0.177 e. The van der Waals surface area contributed by atoms with Crippen LogP contribution in [0, 0.1) is 0 Å². The summed E-state index contributed by atoms with van der Waals surface area (Å²) in [7, 11) is -3.20. The van der Waals surface area contributed by atoms with Crippen molar-refractivity contribution in [2.75, 3.05) is 24.2 Å². The lowest BCUT2D eigenvalue weighted by Gasteiger charge is -2.39. The molecule has 1 fully saturated rings. The second-order valence-electron chi connectivity index (χ2n) is 4.81. The van der Waals surface area contributed by atoms with Crippen molar-refractivity contribution in [1.29, 1.82) is 0 Å². The SMILES string of the molecule is CS(=O)(=O)c1ccccc1N(CCN)C1CCC1. The first-order valence-electron chi connectivity index (χ1n) is 6.30. The van der Waals surface area contributed by atoms with Gasteiger partial charge in [0.2, 0.25) is 0 Å². The number of sulfone groups is 1. The van der Waals surface area contributed by atoms with Crippen LogP contribution in [0.5, 0.6) is 0 Å². The fraction of sp³-hybridized carbons (Fsp3) is 0.538. The molecule has 0 radical (unpaired) electrons. The summed E-state index contributed by atoms with van der Waals surface area (Å²) >= 11 is 0. The summed E-state index contributed by atoms with van der Waals surface area (Å²) in [5.41, 5.74) is 6.45. The van der Waals surface area contributed by atoms with E-state index in [1.807, 2.05) is 12.1 Å². The summed E-state index contributed by atoms with van der Waals surface area (Å²) in [6, 6.07) is 7.64. The van der Waals surface area contributed by atoms with E-state index in [1.165, 1.54) is 12.7 Å². The monoisotopic (exact) mass is 268 g/mol. The Labute approximate surface area is 109 Å². The van der Waals surface area contributed by atoms with Gasteiger partial charge in [-0.25, -0.2) is 8.42 Å². The molecule has 0 atom stereocenters. The Hall–Kier alpha value is -1.07. The Balaban J connectivity index is 2.40. The summed E-state index contributed by atoms with van der Waals surface area (Å²) in [6.07, 6.45) is 4.72. The Bertz CT molecular complexity index is 509. The predicted molar refractivity (Wildman–Crippen MR) is 73.6 cm³/mol. The average molecular weight is 268 g/mol. The van der Waals surface area contributed by atoms with E-state index in [9.17, 15) is 8.42 Å². The smallest absolute Gasteiger partial charge is 0.177 e. The Morgan fingerprint density at radius 2 is 2.00 bits per heavy atom. The molecule has 0 saturated heterocycles. The topological polar surface area (TPSA) is 63.4 Å². The van der Waals surface area contributed by atoms with E-state index in [0.29, 0.717) is 24.0 Å². The minimum Gasteiger partial charge on any atom is -0.366 e. The molecule has 1 aromatic carbocycles. The van der Waals surface area contributed by atoms with Gasteiger partial charge < -0.3 is 10.6 Å². The van der Waals surface area contributed by atoms with Gasteiger partial charge in [0.05, 0.1) is 10.6 Å². The number of nitrogens with two attached hydrogens (primary N) is 1. The molecule has 2 rings (SSSR count). The summed E-state index contributed by atoms with van der Waals surface area (Å²) in [5, 5.41) is 0. The molecule has 0 aromatic heterocycles. The van der Waals surface area contributed by atoms with Crippen LogP contribution in [0.1, 0.15) is 19.3 Å².